The third-order valence-electron chi connectivity index (χ3n) is 7.76. The molecule has 8 heteroatoms. The van der Waals surface area contributed by atoms with Crippen molar-refractivity contribution in [2.24, 2.45) is 0 Å². The predicted octanol–water partition coefficient (Wildman–Crippen LogP) is 4.85. The van der Waals surface area contributed by atoms with Crippen molar-refractivity contribution in [3.8, 4) is 5.75 Å². The summed E-state index contributed by atoms with van der Waals surface area (Å²) < 4.78 is 41.7. The highest BCUT2D eigenvalue weighted by molar-refractivity contribution is 5.95. The average molecular weight is 501 g/mol. The molecule has 3 aromatic carbocycles. The lowest BCUT2D eigenvalue weighted by atomic mass is 9.92. The van der Waals surface area contributed by atoms with Crippen LogP contribution in [-0.4, -0.2) is 46.8 Å². The van der Waals surface area contributed by atoms with Crippen LogP contribution in [0, 0.1) is 17.0 Å². The molecule has 0 radical (unpaired) electrons. The summed E-state index contributed by atoms with van der Waals surface area (Å²) in [6, 6.07) is 15.9. The quantitative estimate of drug-likeness (QED) is 0.414. The second-order valence-electron chi connectivity index (χ2n) is 10.0. The van der Waals surface area contributed by atoms with Crippen LogP contribution in [0.4, 0.5) is 8.78 Å². The normalized spacial score (nSPS) is 22.4. The van der Waals surface area contributed by atoms with Crippen molar-refractivity contribution in [1.82, 2.24) is 14.5 Å². The van der Waals surface area contributed by atoms with Gasteiger partial charge in [-0.3, -0.25) is 10.3 Å². The van der Waals surface area contributed by atoms with Gasteiger partial charge in [-0.1, -0.05) is 12.1 Å². The molecule has 4 heterocycles. The van der Waals surface area contributed by atoms with Gasteiger partial charge in [0.1, 0.15) is 24.0 Å². The van der Waals surface area contributed by atoms with E-state index in [9.17, 15) is 8.78 Å². The number of benzene rings is 3. The number of fused-ring (bicyclic) bond motifs is 4. The largest absolute Gasteiger partial charge is 0.488 e. The summed E-state index contributed by atoms with van der Waals surface area (Å²) in [7, 11) is 0. The van der Waals surface area contributed by atoms with Gasteiger partial charge < -0.3 is 19.0 Å². The number of rotatable bonds is 2. The third-order valence-corrected chi connectivity index (χ3v) is 7.76. The zero-order valence-corrected chi connectivity index (χ0v) is 20.1. The van der Waals surface area contributed by atoms with Crippen LogP contribution >= 0.6 is 0 Å². The molecule has 1 aromatic heterocycles. The summed E-state index contributed by atoms with van der Waals surface area (Å²) in [5.41, 5.74) is 6.31. The van der Waals surface area contributed by atoms with E-state index in [1.807, 2.05) is 18.2 Å². The minimum absolute atomic E-state index is 0.156. The number of imidazole rings is 1. The standard InChI is InChI=1S/C29H26F2N4O2/c30-19-2-4-23-18(11-19)15-37-28-12-20(31)3-5-24(28)25(23)9-17-1-6-27-26(10-17)33-29(32)35(27)21-13-22-16-36-8-7-34(22)14-21/h1-6,9-12,21-22H,7-8,13-16H2,(H2,32,33)/b25-9+/t21-,22+/m1/s1. The lowest BCUT2D eigenvalue weighted by Crippen LogP contribution is -2.40. The number of aromatic amines is 1. The smallest absolute Gasteiger partial charge is 0.200 e. The van der Waals surface area contributed by atoms with Crippen LogP contribution < -0.4 is 10.4 Å². The Bertz CT molecular complexity index is 1550. The molecular formula is C29H26F2N4O2. The van der Waals surface area contributed by atoms with Crippen molar-refractivity contribution in [2.75, 3.05) is 26.3 Å². The Morgan fingerprint density at radius 2 is 1.81 bits per heavy atom. The van der Waals surface area contributed by atoms with E-state index in [2.05, 4.69) is 20.5 Å². The van der Waals surface area contributed by atoms with Crippen LogP contribution in [0.25, 0.3) is 22.7 Å². The number of H-pyrrole nitrogens is 1. The molecule has 4 aromatic rings. The Kier molecular flexibility index (Phi) is 5.26. The Labute approximate surface area is 212 Å². The van der Waals surface area contributed by atoms with Crippen LogP contribution in [-0.2, 0) is 11.3 Å². The zero-order chi connectivity index (χ0) is 25.1. The van der Waals surface area contributed by atoms with E-state index >= 15 is 0 Å². The summed E-state index contributed by atoms with van der Waals surface area (Å²) in [6.07, 6.45) is 2.99. The number of halogens is 2. The molecule has 6 nitrogen and oxygen atoms in total. The van der Waals surface area contributed by atoms with E-state index in [0.29, 0.717) is 23.0 Å². The van der Waals surface area contributed by atoms with E-state index < -0.39 is 0 Å². The molecule has 0 amide bonds. The fourth-order valence-corrected chi connectivity index (χ4v) is 6.04. The van der Waals surface area contributed by atoms with Crippen molar-refractivity contribution in [1.29, 1.82) is 5.41 Å². The topological polar surface area (TPSA) is 66.3 Å². The van der Waals surface area contributed by atoms with Crippen molar-refractivity contribution < 1.29 is 18.3 Å². The molecule has 0 aliphatic carbocycles. The predicted molar refractivity (Wildman–Crippen MR) is 136 cm³/mol. The number of nitrogens with one attached hydrogen (secondary N) is 2. The summed E-state index contributed by atoms with van der Waals surface area (Å²) in [4.78, 5) is 5.72. The SMILES string of the molecule is N=c1[nH]c2cc(/C=C3\c4ccc(F)cc4COc4cc(F)ccc43)ccc2n1[C@@H]1C[C@H]2COCCN2C1. The molecule has 0 unspecified atom stereocenters. The second-order valence-corrected chi connectivity index (χ2v) is 10.0. The van der Waals surface area contributed by atoms with E-state index in [1.54, 1.807) is 12.1 Å². The van der Waals surface area contributed by atoms with Crippen molar-refractivity contribution in [3.63, 3.8) is 0 Å². The average Bonchev–Trinajstić information content (AvgIpc) is 3.41. The Morgan fingerprint density at radius 3 is 2.68 bits per heavy atom. The number of hydrogen-bond acceptors (Lipinski definition) is 4. The molecule has 188 valence electrons. The maximum atomic E-state index is 14.0. The molecule has 2 atom stereocenters. The highest BCUT2D eigenvalue weighted by atomic mass is 19.1. The van der Waals surface area contributed by atoms with Crippen LogP contribution in [0.5, 0.6) is 5.75 Å². The number of aromatic nitrogens is 2. The van der Waals surface area contributed by atoms with Gasteiger partial charge in [-0.05, 0) is 65.6 Å². The Hall–Kier alpha value is -3.75. The molecular weight excluding hydrogens is 474 g/mol. The van der Waals surface area contributed by atoms with Gasteiger partial charge in [-0.25, -0.2) is 8.78 Å². The van der Waals surface area contributed by atoms with Crippen molar-refractivity contribution in [3.05, 3.63) is 94.1 Å². The first-order chi connectivity index (χ1) is 18.0. The van der Waals surface area contributed by atoms with Crippen molar-refractivity contribution in [2.45, 2.75) is 25.1 Å². The minimum Gasteiger partial charge on any atom is -0.488 e. The number of hydrogen-bond donors (Lipinski definition) is 2. The minimum atomic E-state index is -0.384. The summed E-state index contributed by atoms with van der Waals surface area (Å²) in [6.45, 7) is 3.54. The molecule has 3 aliphatic heterocycles. The molecule has 2 N–H and O–H groups in total. The van der Waals surface area contributed by atoms with E-state index in [0.717, 1.165) is 66.0 Å². The van der Waals surface area contributed by atoms with Crippen LogP contribution in [0.1, 0.15) is 34.7 Å². The van der Waals surface area contributed by atoms with E-state index in [4.69, 9.17) is 14.9 Å². The van der Waals surface area contributed by atoms with Gasteiger partial charge in [0, 0.05) is 36.3 Å². The van der Waals surface area contributed by atoms with Gasteiger partial charge in [0.05, 0.1) is 30.3 Å². The number of ether oxygens (including phenoxy) is 2. The lowest BCUT2D eigenvalue weighted by molar-refractivity contribution is 0.0128. The Morgan fingerprint density at radius 1 is 0.973 bits per heavy atom. The second kappa shape index (κ2) is 8.68. The fourth-order valence-electron chi connectivity index (χ4n) is 6.04. The van der Waals surface area contributed by atoms with Gasteiger partial charge in [0.25, 0.3) is 0 Å². The lowest BCUT2D eigenvalue weighted by Gasteiger charge is -2.28. The maximum Gasteiger partial charge on any atom is 0.200 e. The van der Waals surface area contributed by atoms with Crippen LogP contribution in [0.15, 0.2) is 54.6 Å². The molecule has 0 saturated carbocycles. The van der Waals surface area contributed by atoms with Crippen LogP contribution in [0.3, 0.4) is 0 Å². The van der Waals surface area contributed by atoms with Gasteiger partial charge in [0.15, 0.2) is 0 Å². The Balaban J connectivity index is 1.32. The third kappa shape index (κ3) is 3.88. The van der Waals surface area contributed by atoms with E-state index in [-0.39, 0.29) is 24.3 Å². The van der Waals surface area contributed by atoms with Gasteiger partial charge >= 0.3 is 0 Å². The van der Waals surface area contributed by atoms with Crippen LogP contribution in [0.2, 0.25) is 0 Å². The highest BCUT2D eigenvalue weighted by Crippen LogP contribution is 2.39. The maximum absolute atomic E-state index is 14.0. The van der Waals surface area contributed by atoms with Gasteiger partial charge in [-0.15, -0.1) is 0 Å². The zero-order valence-electron chi connectivity index (χ0n) is 20.1. The molecule has 7 rings (SSSR count). The number of nitrogens with zero attached hydrogens (tertiary/aromatic N) is 2. The van der Waals surface area contributed by atoms with Gasteiger partial charge in [0.2, 0.25) is 5.62 Å². The molecule has 0 spiro atoms. The van der Waals surface area contributed by atoms with Crippen molar-refractivity contribution >= 4 is 22.7 Å². The molecule has 3 aliphatic rings. The first-order valence-corrected chi connectivity index (χ1v) is 12.6. The number of morpholine rings is 1. The summed E-state index contributed by atoms with van der Waals surface area (Å²) >= 11 is 0. The first kappa shape index (κ1) is 22.4. The first-order valence-electron chi connectivity index (χ1n) is 12.6. The molecule has 0 bridgehead atoms. The molecule has 2 fully saturated rings. The van der Waals surface area contributed by atoms with Gasteiger partial charge in [-0.2, -0.15) is 0 Å². The summed E-state index contributed by atoms with van der Waals surface area (Å²) in [5, 5.41) is 8.67. The monoisotopic (exact) mass is 500 g/mol. The molecule has 37 heavy (non-hydrogen) atoms. The summed E-state index contributed by atoms with van der Waals surface area (Å²) in [5.74, 6) is -0.296. The fraction of sp³-hybridized carbons (Fsp3) is 0.276. The van der Waals surface area contributed by atoms with E-state index in [1.165, 1.54) is 24.3 Å². The highest BCUT2D eigenvalue weighted by Gasteiger charge is 2.35. The molecule has 2 saturated heterocycles.